The van der Waals surface area contributed by atoms with Gasteiger partial charge < -0.3 is 9.08 Å². The Hall–Kier alpha value is 1.06. The molecule has 0 spiro atoms. The van der Waals surface area contributed by atoms with Crippen molar-refractivity contribution in [2.24, 2.45) is 0 Å². The topological polar surface area (TPSA) is 74.8 Å². The second-order valence-electron chi connectivity index (χ2n) is 4.57. The van der Waals surface area contributed by atoms with Gasteiger partial charge in [0.2, 0.25) is 5.39 Å². The van der Waals surface area contributed by atoms with Gasteiger partial charge in [0, 0.05) is 13.1 Å². The first-order valence-electron chi connectivity index (χ1n) is 6.09. The summed E-state index contributed by atoms with van der Waals surface area (Å²) in [4.78, 5) is 3.80. The molecule has 1 rings (SSSR count). The third-order valence-corrected chi connectivity index (χ3v) is 3.27. The molecular formula is C8H11Cl6F3N3O3SSb. The molecule has 25 heavy (non-hydrogen) atoms. The molecular weight excluding hydrogens is 610 g/mol. The van der Waals surface area contributed by atoms with E-state index in [9.17, 15) is 21.6 Å². The van der Waals surface area contributed by atoms with Crippen LogP contribution < -0.4 is 0 Å². The van der Waals surface area contributed by atoms with Crippen molar-refractivity contribution in [2.45, 2.75) is 24.8 Å². The van der Waals surface area contributed by atoms with Crippen molar-refractivity contribution in [3.63, 3.8) is 0 Å². The van der Waals surface area contributed by atoms with Crippen LogP contribution >= 0.6 is 53.0 Å². The summed E-state index contributed by atoms with van der Waals surface area (Å²) in [6.45, 7) is 0.684. The fourth-order valence-corrected chi connectivity index (χ4v) is 1.95. The number of nitrogens with zero attached hydrogens (tertiary/aromatic N) is 3. The average Bonchev–Trinajstić information content (AvgIpc) is 2.34. The van der Waals surface area contributed by atoms with Gasteiger partial charge in [0.05, 0.1) is 0 Å². The summed E-state index contributed by atoms with van der Waals surface area (Å²) in [5.41, 5.74) is -5.52. The van der Waals surface area contributed by atoms with Crippen LogP contribution in [0.25, 0.3) is 4.98 Å². The molecule has 6 nitrogen and oxygen atoms in total. The second kappa shape index (κ2) is 8.20. The number of piperidine rings is 1. The molecule has 0 radical (unpaired) electrons. The molecule has 1 fully saturated rings. The summed E-state index contributed by atoms with van der Waals surface area (Å²) < 4.78 is 62.1. The fourth-order valence-electron chi connectivity index (χ4n) is 1.48. The number of likely N-dealkylation sites (tertiary alicyclic amines) is 1. The van der Waals surface area contributed by atoms with Crippen molar-refractivity contribution in [1.82, 2.24) is 4.90 Å². The summed E-state index contributed by atoms with van der Waals surface area (Å²) >= 11 is 0. The molecule has 1 saturated heterocycles. The molecule has 0 bridgehead atoms. The van der Waals surface area contributed by atoms with Crippen molar-refractivity contribution in [3.8, 4) is 0 Å². The average molecular weight is 621 g/mol. The minimum atomic E-state index is -5.75. The molecule has 0 N–H and O–H groups in total. The van der Waals surface area contributed by atoms with Crippen LogP contribution in [-0.2, 0) is 14.3 Å². The van der Waals surface area contributed by atoms with Crippen molar-refractivity contribution >= 4 is 72.2 Å². The molecule has 1 heterocycles. The van der Waals surface area contributed by atoms with Gasteiger partial charge in [0.1, 0.15) is 0 Å². The normalized spacial score (nSPS) is 19.7. The van der Waals surface area contributed by atoms with Crippen LogP contribution in [0, 0.1) is 5.39 Å². The van der Waals surface area contributed by atoms with Crippen molar-refractivity contribution in [3.05, 3.63) is 17.1 Å². The number of diazo groups is 1. The van der Waals surface area contributed by atoms with Gasteiger partial charge in [-0.2, -0.15) is 21.6 Å². The van der Waals surface area contributed by atoms with E-state index >= 15 is 0 Å². The van der Waals surface area contributed by atoms with E-state index in [-0.39, 0.29) is 0 Å². The van der Waals surface area contributed by atoms with Crippen LogP contribution in [0.5, 0.6) is 0 Å². The van der Waals surface area contributed by atoms with E-state index in [4.69, 9.17) is 58.4 Å². The van der Waals surface area contributed by atoms with Crippen LogP contribution in [0.15, 0.2) is 12.1 Å². The maximum absolute atomic E-state index is 12.1. The Morgan fingerprint density at radius 1 is 1.08 bits per heavy atom. The number of alkyl halides is 3. The maximum atomic E-state index is 12.1. The Labute approximate surface area is 161 Å². The van der Waals surface area contributed by atoms with Gasteiger partial charge in [0.25, 0.3) is 5.88 Å². The SMILES string of the molecule is N#[N+]/C=C(/OS(=O)(=O)C(F)(F)F)N1CCCCC1.[Cl][Sb-]([Cl])([Cl])([Cl])([Cl])[Cl]. The number of hydrogen-bond donors (Lipinski definition) is 0. The van der Waals surface area contributed by atoms with Crippen LogP contribution in [0.3, 0.4) is 0 Å². The Kier molecular flexibility index (Phi) is 8.55. The predicted molar refractivity (Wildman–Crippen MR) is 95.5 cm³/mol. The molecule has 1 aliphatic heterocycles. The Morgan fingerprint density at radius 2 is 1.48 bits per heavy atom. The summed E-state index contributed by atoms with van der Waals surface area (Å²) in [6.07, 6.45) is 2.82. The molecule has 1 aliphatic rings. The van der Waals surface area contributed by atoms with Gasteiger partial charge in [-0.05, 0) is 19.3 Å². The summed E-state index contributed by atoms with van der Waals surface area (Å²) in [6, 6.07) is 0. The van der Waals surface area contributed by atoms with Crippen LogP contribution in [0.1, 0.15) is 19.3 Å². The summed E-state index contributed by atoms with van der Waals surface area (Å²) in [5.74, 6) is -0.630. The van der Waals surface area contributed by atoms with E-state index in [2.05, 4.69) is 9.16 Å². The van der Waals surface area contributed by atoms with Crippen molar-refractivity contribution < 1.29 is 25.8 Å². The third kappa shape index (κ3) is 14.7. The van der Waals surface area contributed by atoms with Gasteiger partial charge in [-0.15, -0.1) is 0 Å². The summed E-state index contributed by atoms with van der Waals surface area (Å²) in [7, 11) is 19.2. The molecule has 150 valence electrons. The predicted octanol–water partition coefficient (Wildman–Crippen LogP) is 5.75. The first-order chi connectivity index (χ1) is 10.7. The van der Waals surface area contributed by atoms with E-state index in [1.165, 1.54) is 4.90 Å². The van der Waals surface area contributed by atoms with E-state index in [0.717, 1.165) is 6.42 Å². The van der Waals surface area contributed by atoms with E-state index < -0.39 is 30.6 Å². The quantitative estimate of drug-likeness (QED) is 0.132. The third-order valence-electron chi connectivity index (χ3n) is 2.31. The van der Waals surface area contributed by atoms with E-state index in [1.807, 2.05) is 0 Å². The number of rotatable bonds is 3. The first-order valence-corrected chi connectivity index (χ1v) is 26.9. The zero-order valence-electron chi connectivity index (χ0n) is 11.9. The first kappa shape index (κ1) is 26.1. The molecule has 0 aromatic heterocycles. The van der Waals surface area contributed by atoms with Gasteiger partial charge >= 0.3 is 83.9 Å². The van der Waals surface area contributed by atoms with Crippen LogP contribution in [-0.4, -0.2) is 41.1 Å². The van der Waals surface area contributed by atoms with Crippen molar-refractivity contribution in [1.29, 1.82) is 5.39 Å². The molecule has 0 unspecified atom stereocenters. The molecule has 0 saturated carbocycles. The molecule has 0 amide bonds. The molecule has 0 aliphatic carbocycles. The van der Waals surface area contributed by atoms with Crippen LogP contribution in [0.2, 0.25) is 0 Å². The zero-order valence-corrected chi connectivity index (χ0v) is 19.8. The van der Waals surface area contributed by atoms with Gasteiger partial charge in [-0.25, -0.2) is 0 Å². The zero-order chi connectivity index (χ0) is 20.2. The Bertz CT molecular complexity index is 641. The van der Waals surface area contributed by atoms with E-state index in [0.29, 0.717) is 32.1 Å². The van der Waals surface area contributed by atoms with Crippen LogP contribution in [0.4, 0.5) is 13.2 Å². The van der Waals surface area contributed by atoms with Gasteiger partial charge in [-0.3, -0.25) is 0 Å². The van der Waals surface area contributed by atoms with Crippen molar-refractivity contribution in [2.75, 3.05) is 13.1 Å². The Balaban J connectivity index is 0.000000697. The Morgan fingerprint density at radius 3 is 1.80 bits per heavy atom. The molecule has 0 aromatic carbocycles. The second-order valence-corrected chi connectivity index (χ2v) is 63.0. The standard InChI is InChI=1S/C8H11F3N3O3S.6ClH.Sb/c9-8(10,11)18(15,16)17-7(6-13-12)14-4-2-1-3-5-14;;;;;;;/h6H,1-5H2;6*1H;/q+1;;;;;;;+5/p-6/b7-6+;;;;;;;. The molecule has 0 atom stereocenters. The number of hydrogen-bond acceptors (Lipinski definition) is 5. The number of halogens is 9. The van der Waals surface area contributed by atoms with Gasteiger partial charge in [-0.1, -0.05) is 0 Å². The van der Waals surface area contributed by atoms with Gasteiger partial charge in [0.15, 0.2) is 4.98 Å². The molecule has 0 aromatic rings. The fraction of sp³-hybridized carbons (Fsp3) is 0.750. The minimum absolute atomic E-state index is 0.342. The van der Waals surface area contributed by atoms with E-state index in [1.54, 1.807) is 0 Å². The monoisotopic (exact) mass is 617 g/mol. The summed E-state index contributed by atoms with van der Waals surface area (Å²) in [5, 5.41) is 8.33. The molecule has 17 heteroatoms.